The predicted molar refractivity (Wildman–Crippen MR) is 56.3 cm³/mol. The molecule has 0 aromatic heterocycles. The van der Waals surface area contributed by atoms with E-state index in [0.29, 0.717) is 6.42 Å². The molecular weight excluding hydrogens is 240 g/mol. The van der Waals surface area contributed by atoms with Crippen LogP contribution >= 0.6 is 0 Å². The third-order valence-corrected chi connectivity index (χ3v) is 4.10. The molecule has 0 saturated heterocycles. The Kier molecular flexibility index (Phi) is 5.79. The standard InChI is InChI=1S/C7H14N2O4S2/c1-14(10,11)6-7-15(12,13)9-5-3-2-4-8/h9H,2-3,5-7H2,1H3. The molecule has 0 radical (unpaired) electrons. The molecule has 88 valence electrons. The summed E-state index contributed by atoms with van der Waals surface area (Å²) in [5.41, 5.74) is 0. The van der Waals surface area contributed by atoms with Crippen LogP contribution in [0, 0.1) is 11.3 Å². The first-order valence-electron chi connectivity index (χ1n) is 4.29. The van der Waals surface area contributed by atoms with Crippen LogP contribution in [0.1, 0.15) is 12.8 Å². The second-order valence-electron chi connectivity index (χ2n) is 3.10. The lowest BCUT2D eigenvalue weighted by Crippen LogP contribution is -2.30. The number of unbranched alkanes of at least 4 members (excludes halogenated alkanes) is 1. The van der Waals surface area contributed by atoms with Crippen molar-refractivity contribution in [1.82, 2.24) is 4.72 Å². The second kappa shape index (κ2) is 6.05. The number of sulfone groups is 1. The lowest BCUT2D eigenvalue weighted by atomic mass is 10.3. The lowest BCUT2D eigenvalue weighted by Gasteiger charge is -2.04. The number of hydrogen-bond donors (Lipinski definition) is 1. The molecule has 1 N–H and O–H groups in total. The summed E-state index contributed by atoms with van der Waals surface area (Å²) in [5, 5.41) is 8.20. The van der Waals surface area contributed by atoms with Gasteiger partial charge in [0.05, 0.1) is 17.6 Å². The molecule has 8 heteroatoms. The quantitative estimate of drug-likeness (QED) is 0.602. The zero-order valence-corrected chi connectivity index (χ0v) is 10.1. The van der Waals surface area contributed by atoms with Crippen LogP contribution in [0.3, 0.4) is 0 Å². The van der Waals surface area contributed by atoms with E-state index in [1.165, 1.54) is 0 Å². The maximum Gasteiger partial charge on any atom is 0.212 e. The molecule has 0 aliphatic rings. The first-order valence-corrected chi connectivity index (χ1v) is 8.00. The van der Waals surface area contributed by atoms with Gasteiger partial charge in [-0.3, -0.25) is 0 Å². The van der Waals surface area contributed by atoms with Gasteiger partial charge >= 0.3 is 0 Å². The van der Waals surface area contributed by atoms with E-state index in [0.717, 1.165) is 6.26 Å². The summed E-state index contributed by atoms with van der Waals surface area (Å²) in [5.74, 6) is -0.820. The molecule has 0 aromatic carbocycles. The number of nitrogens with zero attached hydrogens (tertiary/aromatic N) is 1. The number of nitriles is 1. The van der Waals surface area contributed by atoms with Gasteiger partial charge in [0.2, 0.25) is 10.0 Å². The van der Waals surface area contributed by atoms with Gasteiger partial charge in [-0.05, 0) is 6.42 Å². The van der Waals surface area contributed by atoms with Gasteiger partial charge in [0.25, 0.3) is 0 Å². The van der Waals surface area contributed by atoms with Gasteiger partial charge in [-0.25, -0.2) is 21.6 Å². The fourth-order valence-corrected chi connectivity index (χ4v) is 3.42. The molecule has 15 heavy (non-hydrogen) atoms. The van der Waals surface area contributed by atoms with E-state index in [-0.39, 0.29) is 18.7 Å². The average Bonchev–Trinajstić information content (AvgIpc) is 2.09. The van der Waals surface area contributed by atoms with Gasteiger partial charge < -0.3 is 0 Å². The normalized spacial score (nSPS) is 12.3. The molecule has 0 saturated carbocycles. The highest BCUT2D eigenvalue weighted by Crippen LogP contribution is 1.91. The lowest BCUT2D eigenvalue weighted by molar-refractivity contribution is 0.577. The molecule has 0 heterocycles. The smallest absolute Gasteiger partial charge is 0.212 e. The van der Waals surface area contributed by atoms with Crippen LogP contribution < -0.4 is 4.72 Å². The fraction of sp³-hybridized carbons (Fsp3) is 0.857. The molecule has 0 unspecified atom stereocenters. The molecule has 0 bridgehead atoms. The van der Waals surface area contributed by atoms with Gasteiger partial charge in [0.15, 0.2) is 0 Å². The van der Waals surface area contributed by atoms with Crippen molar-refractivity contribution in [3.8, 4) is 6.07 Å². The van der Waals surface area contributed by atoms with Crippen molar-refractivity contribution in [3.05, 3.63) is 0 Å². The van der Waals surface area contributed by atoms with Crippen LogP contribution in [0.4, 0.5) is 0 Å². The summed E-state index contributed by atoms with van der Waals surface area (Å²) in [6, 6.07) is 1.88. The molecule has 0 aliphatic carbocycles. The Bertz CT molecular complexity index is 418. The van der Waals surface area contributed by atoms with E-state index >= 15 is 0 Å². The van der Waals surface area contributed by atoms with E-state index in [1.54, 1.807) is 0 Å². The maximum atomic E-state index is 11.2. The Hall–Kier alpha value is -0.650. The van der Waals surface area contributed by atoms with E-state index in [1.807, 2.05) is 6.07 Å². The summed E-state index contributed by atoms with van der Waals surface area (Å²) in [6.45, 7) is 0.166. The van der Waals surface area contributed by atoms with Crippen LogP contribution in [-0.4, -0.2) is 41.1 Å². The Morgan fingerprint density at radius 1 is 1.20 bits per heavy atom. The molecule has 0 atom stereocenters. The highest BCUT2D eigenvalue weighted by atomic mass is 32.2. The van der Waals surface area contributed by atoms with Crippen LogP contribution in [-0.2, 0) is 19.9 Å². The number of hydrogen-bond acceptors (Lipinski definition) is 5. The van der Waals surface area contributed by atoms with Crippen molar-refractivity contribution < 1.29 is 16.8 Å². The Morgan fingerprint density at radius 3 is 2.27 bits per heavy atom. The SMILES string of the molecule is CS(=O)(=O)CCS(=O)(=O)NCCCC#N. The first kappa shape index (κ1) is 14.3. The largest absolute Gasteiger partial charge is 0.229 e. The van der Waals surface area contributed by atoms with Gasteiger partial charge in [0.1, 0.15) is 9.84 Å². The van der Waals surface area contributed by atoms with Gasteiger partial charge in [-0.1, -0.05) is 0 Å². The van der Waals surface area contributed by atoms with Crippen molar-refractivity contribution >= 4 is 19.9 Å². The third-order valence-electron chi connectivity index (χ3n) is 1.51. The number of rotatable bonds is 7. The number of nitrogens with one attached hydrogen (secondary N) is 1. The minimum Gasteiger partial charge on any atom is -0.229 e. The molecule has 0 spiro atoms. The average molecular weight is 254 g/mol. The minimum absolute atomic E-state index is 0.166. The molecule has 0 aliphatic heterocycles. The second-order valence-corrected chi connectivity index (χ2v) is 7.29. The van der Waals surface area contributed by atoms with Crippen LogP contribution in [0.5, 0.6) is 0 Å². The third kappa shape index (κ3) is 9.65. The van der Waals surface area contributed by atoms with Crippen LogP contribution in [0.25, 0.3) is 0 Å². The molecule has 6 nitrogen and oxygen atoms in total. The van der Waals surface area contributed by atoms with Crippen molar-refractivity contribution in [1.29, 1.82) is 5.26 Å². The molecular formula is C7H14N2O4S2. The maximum absolute atomic E-state index is 11.2. The zero-order chi connectivity index (χ0) is 11.9. The summed E-state index contributed by atoms with van der Waals surface area (Å²) >= 11 is 0. The fourth-order valence-electron chi connectivity index (χ4n) is 0.728. The van der Waals surface area contributed by atoms with Crippen molar-refractivity contribution in [2.45, 2.75) is 12.8 Å². The van der Waals surface area contributed by atoms with E-state index < -0.39 is 25.6 Å². The number of sulfonamides is 1. The molecule has 0 aromatic rings. The molecule has 0 fully saturated rings. The van der Waals surface area contributed by atoms with Crippen molar-refractivity contribution in [2.75, 3.05) is 24.3 Å². The summed E-state index contributed by atoms with van der Waals surface area (Å²) in [7, 11) is -6.80. The predicted octanol–water partition coefficient (Wildman–Crippen LogP) is -0.746. The van der Waals surface area contributed by atoms with Crippen LogP contribution in [0.2, 0.25) is 0 Å². The molecule has 0 amide bonds. The highest BCUT2D eigenvalue weighted by molar-refractivity contribution is 7.93. The van der Waals surface area contributed by atoms with Crippen molar-refractivity contribution in [3.63, 3.8) is 0 Å². The zero-order valence-electron chi connectivity index (χ0n) is 8.43. The highest BCUT2D eigenvalue weighted by Gasteiger charge is 2.13. The Balaban J connectivity index is 3.95. The van der Waals surface area contributed by atoms with Crippen LogP contribution in [0.15, 0.2) is 0 Å². The van der Waals surface area contributed by atoms with E-state index in [2.05, 4.69) is 4.72 Å². The molecule has 0 rings (SSSR count). The first-order chi connectivity index (χ1) is 6.77. The Morgan fingerprint density at radius 2 is 1.80 bits per heavy atom. The van der Waals surface area contributed by atoms with E-state index in [9.17, 15) is 16.8 Å². The van der Waals surface area contributed by atoms with Gasteiger partial charge in [-0.2, -0.15) is 5.26 Å². The van der Waals surface area contributed by atoms with E-state index in [4.69, 9.17) is 5.26 Å². The topological polar surface area (TPSA) is 104 Å². The minimum atomic E-state index is -3.53. The summed E-state index contributed by atoms with van der Waals surface area (Å²) < 4.78 is 46.0. The van der Waals surface area contributed by atoms with Crippen molar-refractivity contribution in [2.24, 2.45) is 0 Å². The summed E-state index contributed by atoms with van der Waals surface area (Å²) in [6.07, 6.45) is 1.68. The van der Waals surface area contributed by atoms with Gasteiger partial charge in [0, 0.05) is 19.2 Å². The summed E-state index contributed by atoms with van der Waals surface area (Å²) in [4.78, 5) is 0. The Labute approximate surface area is 90.3 Å². The van der Waals surface area contributed by atoms with Gasteiger partial charge in [-0.15, -0.1) is 0 Å². The monoisotopic (exact) mass is 254 g/mol.